The van der Waals surface area contributed by atoms with E-state index in [-0.39, 0.29) is 26.3 Å². The standard InChI is InChI=1S/C12H6F4Se2/c13-9-3-1-7(5-11(9)15)17-18-8-2-4-10(14)12(16)6-8/h1-6H. The summed E-state index contributed by atoms with van der Waals surface area (Å²) in [5, 5.41) is 0. The van der Waals surface area contributed by atoms with E-state index in [1.54, 1.807) is 0 Å². The van der Waals surface area contributed by atoms with Crippen LogP contribution < -0.4 is 8.92 Å². The fourth-order valence-corrected chi connectivity index (χ4v) is 7.07. The molecule has 2 aromatic rings. The zero-order valence-electron chi connectivity index (χ0n) is 8.79. The Hall–Kier alpha value is -0.801. The first-order chi connectivity index (χ1) is 8.56. The van der Waals surface area contributed by atoms with Gasteiger partial charge in [-0.1, -0.05) is 0 Å². The summed E-state index contributed by atoms with van der Waals surface area (Å²) in [5.41, 5.74) is 0. The van der Waals surface area contributed by atoms with Gasteiger partial charge in [-0.25, -0.2) is 0 Å². The molecule has 0 heterocycles. The minimum atomic E-state index is -0.880. The van der Waals surface area contributed by atoms with Crippen molar-refractivity contribution in [2.45, 2.75) is 0 Å². The third-order valence-electron chi connectivity index (χ3n) is 2.02. The number of rotatable bonds is 3. The van der Waals surface area contributed by atoms with Gasteiger partial charge in [-0.05, 0) is 0 Å². The quantitative estimate of drug-likeness (QED) is 0.556. The van der Waals surface area contributed by atoms with Gasteiger partial charge in [-0.2, -0.15) is 0 Å². The Morgan fingerprint density at radius 3 is 1.28 bits per heavy atom. The van der Waals surface area contributed by atoms with Crippen LogP contribution in [-0.2, 0) is 0 Å². The van der Waals surface area contributed by atoms with Crippen LogP contribution in [0.2, 0.25) is 0 Å². The molecule has 0 fully saturated rings. The molecule has 0 saturated heterocycles. The van der Waals surface area contributed by atoms with Crippen LogP contribution in [0, 0.1) is 23.3 Å². The van der Waals surface area contributed by atoms with Gasteiger partial charge in [0.15, 0.2) is 0 Å². The number of hydrogen-bond donors (Lipinski definition) is 0. The number of benzene rings is 2. The van der Waals surface area contributed by atoms with Crippen molar-refractivity contribution in [3.8, 4) is 0 Å². The summed E-state index contributed by atoms with van der Waals surface area (Å²) in [6.45, 7) is 0. The van der Waals surface area contributed by atoms with E-state index < -0.39 is 23.3 Å². The van der Waals surface area contributed by atoms with Crippen molar-refractivity contribution in [3.63, 3.8) is 0 Å². The molecule has 0 radical (unpaired) electrons. The summed E-state index contributed by atoms with van der Waals surface area (Å²) >= 11 is -0.183. The molecule has 2 aromatic carbocycles. The molecule has 0 nitrogen and oxygen atoms in total. The summed E-state index contributed by atoms with van der Waals surface area (Å²) in [5.74, 6) is -3.52. The second-order valence-corrected chi connectivity index (χ2v) is 9.63. The zero-order valence-corrected chi connectivity index (χ0v) is 12.2. The van der Waals surface area contributed by atoms with Crippen molar-refractivity contribution in [2.24, 2.45) is 0 Å². The van der Waals surface area contributed by atoms with E-state index in [9.17, 15) is 17.6 Å². The van der Waals surface area contributed by atoms with Gasteiger partial charge in [0.1, 0.15) is 0 Å². The molecule has 0 atom stereocenters. The Bertz CT molecular complexity index is 520. The van der Waals surface area contributed by atoms with Crippen LogP contribution in [0.3, 0.4) is 0 Å². The van der Waals surface area contributed by atoms with Crippen LogP contribution in [0.25, 0.3) is 0 Å². The molecule has 0 saturated carbocycles. The van der Waals surface area contributed by atoms with E-state index in [2.05, 4.69) is 0 Å². The summed E-state index contributed by atoms with van der Waals surface area (Å²) < 4.78 is 52.7. The van der Waals surface area contributed by atoms with Gasteiger partial charge >= 0.3 is 112 Å². The van der Waals surface area contributed by atoms with Crippen LogP contribution >= 0.6 is 0 Å². The Labute approximate surface area is 112 Å². The molecule has 94 valence electrons. The van der Waals surface area contributed by atoms with Gasteiger partial charge in [-0.15, -0.1) is 0 Å². The van der Waals surface area contributed by atoms with Gasteiger partial charge in [0.2, 0.25) is 0 Å². The van der Waals surface area contributed by atoms with Crippen LogP contribution in [0.15, 0.2) is 36.4 Å². The predicted molar refractivity (Wildman–Crippen MR) is 63.5 cm³/mol. The summed E-state index contributed by atoms with van der Waals surface area (Å²) in [4.78, 5) is 0. The van der Waals surface area contributed by atoms with Gasteiger partial charge in [0.25, 0.3) is 0 Å². The average molecular weight is 384 g/mol. The van der Waals surface area contributed by atoms with E-state index in [0.717, 1.165) is 24.3 Å². The molecular weight excluding hydrogens is 378 g/mol. The van der Waals surface area contributed by atoms with E-state index in [4.69, 9.17) is 0 Å². The normalized spacial score (nSPS) is 10.7. The number of halogens is 4. The van der Waals surface area contributed by atoms with Gasteiger partial charge < -0.3 is 0 Å². The van der Waals surface area contributed by atoms with Gasteiger partial charge in [-0.3, -0.25) is 0 Å². The number of hydrogen-bond acceptors (Lipinski definition) is 0. The Morgan fingerprint density at radius 1 is 0.556 bits per heavy atom. The van der Waals surface area contributed by atoms with Gasteiger partial charge in [0, 0.05) is 0 Å². The topological polar surface area (TPSA) is 0 Å². The molecule has 0 aliphatic heterocycles. The third kappa shape index (κ3) is 3.36. The zero-order chi connectivity index (χ0) is 13.1. The summed E-state index contributed by atoms with van der Waals surface area (Å²) in [7, 11) is 0. The Kier molecular flexibility index (Phi) is 4.46. The molecule has 18 heavy (non-hydrogen) atoms. The van der Waals surface area contributed by atoms with Crippen LogP contribution in [0.5, 0.6) is 0 Å². The predicted octanol–water partition coefficient (Wildman–Crippen LogP) is 1.52. The Morgan fingerprint density at radius 2 is 0.944 bits per heavy atom. The maximum atomic E-state index is 13.0. The van der Waals surface area contributed by atoms with Crippen LogP contribution in [0.4, 0.5) is 17.6 Å². The molecule has 0 bridgehead atoms. The van der Waals surface area contributed by atoms with Crippen LogP contribution in [0.1, 0.15) is 0 Å². The third-order valence-corrected chi connectivity index (χ3v) is 9.17. The first kappa shape index (κ1) is 13.6. The SMILES string of the molecule is Fc1ccc([Se][Se]c2ccc(F)c(F)c2)cc1F. The minimum absolute atomic E-state index is 0.0915. The van der Waals surface area contributed by atoms with Crippen molar-refractivity contribution in [1.82, 2.24) is 0 Å². The van der Waals surface area contributed by atoms with E-state index in [1.807, 2.05) is 0 Å². The van der Waals surface area contributed by atoms with E-state index in [1.165, 1.54) is 12.1 Å². The first-order valence-corrected chi connectivity index (χ1v) is 10.9. The molecule has 0 unspecified atom stereocenters. The fourth-order valence-electron chi connectivity index (χ4n) is 1.15. The van der Waals surface area contributed by atoms with Crippen molar-refractivity contribution in [1.29, 1.82) is 0 Å². The molecular formula is C12H6F4Se2. The first-order valence-electron chi connectivity index (χ1n) is 4.81. The summed E-state index contributed by atoms with van der Waals surface area (Å²) in [6, 6.07) is 7.48. The van der Waals surface area contributed by atoms with Crippen molar-refractivity contribution < 1.29 is 17.6 Å². The van der Waals surface area contributed by atoms with E-state index >= 15 is 0 Å². The summed E-state index contributed by atoms with van der Waals surface area (Å²) in [6.07, 6.45) is 0. The second-order valence-electron chi connectivity index (χ2n) is 3.32. The molecule has 0 N–H and O–H groups in total. The molecule has 0 aliphatic rings. The Balaban J connectivity index is 2.06. The molecule has 6 heteroatoms. The maximum absolute atomic E-state index is 13.0. The molecule has 0 aliphatic carbocycles. The second kappa shape index (κ2) is 5.89. The molecule has 0 aromatic heterocycles. The van der Waals surface area contributed by atoms with Crippen molar-refractivity contribution >= 4 is 35.2 Å². The van der Waals surface area contributed by atoms with Crippen LogP contribution in [-0.4, -0.2) is 26.3 Å². The molecule has 0 amide bonds. The van der Waals surface area contributed by atoms with Crippen molar-refractivity contribution in [2.75, 3.05) is 0 Å². The average Bonchev–Trinajstić information content (AvgIpc) is 2.35. The van der Waals surface area contributed by atoms with E-state index in [0.29, 0.717) is 8.92 Å². The molecule has 2 rings (SSSR count). The van der Waals surface area contributed by atoms with Crippen molar-refractivity contribution in [3.05, 3.63) is 59.7 Å². The monoisotopic (exact) mass is 386 g/mol. The fraction of sp³-hybridized carbons (Fsp3) is 0. The van der Waals surface area contributed by atoms with Gasteiger partial charge in [0.05, 0.1) is 0 Å². The molecule has 0 spiro atoms.